The molecule has 0 bridgehead atoms. The first kappa shape index (κ1) is 14.5. The lowest BCUT2D eigenvalue weighted by molar-refractivity contribution is 0.00208. The summed E-state index contributed by atoms with van der Waals surface area (Å²) in [5, 5.41) is 3.41. The van der Waals surface area contributed by atoms with Crippen LogP contribution in [-0.4, -0.2) is 50.1 Å². The highest BCUT2D eigenvalue weighted by Crippen LogP contribution is 2.17. The molecule has 0 aromatic heterocycles. The first-order valence-corrected chi connectivity index (χ1v) is 7.99. The van der Waals surface area contributed by atoms with Gasteiger partial charge in [-0.1, -0.05) is 24.3 Å². The van der Waals surface area contributed by atoms with Gasteiger partial charge in [-0.05, 0) is 31.9 Å². The highest BCUT2D eigenvalue weighted by molar-refractivity contribution is 6.00. The minimum absolute atomic E-state index is 0.399. The summed E-state index contributed by atoms with van der Waals surface area (Å²) in [5.41, 5.74) is 2.44. The Kier molecular flexibility index (Phi) is 4.88. The van der Waals surface area contributed by atoms with Crippen molar-refractivity contribution in [3.05, 3.63) is 35.4 Å². The molecule has 3 rings (SSSR count). The summed E-state index contributed by atoms with van der Waals surface area (Å²) in [4.78, 5) is 6.98. The summed E-state index contributed by atoms with van der Waals surface area (Å²) in [6.07, 6.45) is 3.79. The van der Waals surface area contributed by atoms with Crippen LogP contribution in [0.25, 0.3) is 0 Å². The first-order valence-electron chi connectivity index (χ1n) is 7.99. The molecule has 0 amide bonds. The Morgan fingerprint density at radius 1 is 1.29 bits per heavy atom. The maximum atomic E-state index is 6.14. The fourth-order valence-electron chi connectivity index (χ4n) is 2.95. The summed E-state index contributed by atoms with van der Waals surface area (Å²) >= 11 is 0. The number of hydrogen-bond acceptors (Lipinski definition) is 4. The van der Waals surface area contributed by atoms with Crippen molar-refractivity contribution >= 4 is 5.84 Å². The van der Waals surface area contributed by atoms with Gasteiger partial charge in [-0.3, -0.25) is 4.99 Å². The van der Waals surface area contributed by atoms with Crippen LogP contribution in [0.4, 0.5) is 0 Å². The second-order valence-corrected chi connectivity index (χ2v) is 5.98. The quantitative estimate of drug-likeness (QED) is 0.921. The molecule has 1 aromatic carbocycles. The normalized spacial score (nSPS) is 20.9. The number of aliphatic imine (C=N–C) groups is 1. The predicted molar refractivity (Wildman–Crippen MR) is 85.8 cm³/mol. The second-order valence-electron chi connectivity index (χ2n) is 5.98. The van der Waals surface area contributed by atoms with Crippen LogP contribution in [0.2, 0.25) is 0 Å². The van der Waals surface area contributed by atoms with Crippen molar-refractivity contribution in [2.24, 2.45) is 4.99 Å². The van der Waals surface area contributed by atoms with Crippen molar-refractivity contribution in [1.82, 2.24) is 10.2 Å². The van der Waals surface area contributed by atoms with Gasteiger partial charge in [0.25, 0.3) is 0 Å². The zero-order valence-electron chi connectivity index (χ0n) is 12.8. The molecule has 1 aromatic rings. The maximum Gasteiger partial charge on any atom is 0.128 e. The molecule has 4 nitrogen and oxygen atoms in total. The molecule has 4 heteroatoms. The van der Waals surface area contributed by atoms with Crippen molar-refractivity contribution in [2.75, 3.05) is 33.2 Å². The van der Waals surface area contributed by atoms with E-state index in [0.29, 0.717) is 12.7 Å². The lowest BCUT2D eigenvalue weighted by Crippen LogP contribution is -2.34. The molecule has 0 atom stereocenters. The molecule has 0 spiro atoms. The number of ether oxygens (including phenoxy) is 1. The Labute approximate surface area is 127 Å². The Balaban J connectivity index is 1.64. The van der Waals surface area contributed by atoms with Crippen LogP contribution in [0.1, 0.15) is 30.4 Å². The van der Waals surface area contributed by atoms with Crippen LogP contribution < -0.4 is 5.32 Å². The minimum Gasteiger partial charge on any atom is -0.373 e. The van der Waals surface area contributed by atoms with E-state index in [1.165, 1.54) is 11.1 Å². The minimum atomic E-state index is 0.399. The van der Waals surface area contributed by atoms with Gasteiger partial charge in [-0.2, -0.15) is 0 Å². The lowest BCUT2D eigenvalue weighted by atomic mass is 10.1. The van der Waals surface area contributed by atoms with Gasteiger partial charge in [0.1, 0.15) is 5.84 Å². The topological polar surface area (TPSA) is 36.9 Å². The standard InChI is InChI=1S/C17H25N3O/c1-20-11-7-15(8-12-20)21-13-14-5-2-3-6-16(14)17-18-9-4-10-19-17/h2-3,5-6,15H,4,7-13H2,1H3,(H,18,19). The summed E-state index contributed by atoms with van der Waals surface area (Å²) in [6.45, 7) is 4.90. The number of nitrogens with zero attached hydrogens (tertiary/aromatic N) is 2. The molecule has 1 fully saturated rings. The zero-order valence-corrected chi connectivity index (χ0v) is 12.8. The highest BCUT2D eigenvalue weighted by atomic mass is 16.5. The van der Waals surface area contributed by atoms with Gasteiger partial charge in [0, 0.05) is 31.7 Å². The van der Waals surface area contributed by atoms with Gasteiger partial charge in [-0.15, -0.1) is 0 Å². The van der Waals surface area contributed by atoms with Crippen LogP contribution >= 0.6 is 0 Å². The molecule has 114 valence electrons. The Hall–Kier alpha value is -1.39. The van der Waals surface area contributed by atoms with Crippen LogP contribution in [0.3, 0.4) is 0 Å². The second kappa shape index (κ2) is 7.05. The number of benzene rings is 1. The van der Waals surface area contributed by atoms with E-state index in [9.17, 15) is 0 Å². The van der Waals surface area contributed by atoms with Gasteiger partial charge in [-0.25, -0.2) is 0 Å². The Morgan fingerprint density at radius 3 is 2.86 bits per heavy atom. The van der Waals surface area contributed by atoms with Crippen molar-refractivity contribution in [2.45, 2.75) is 32.0 Å². The van der Waals surface area contributed by atoms with E-state index in [-0.39, 0.29) is 0 Å². The molecule has 2 aliphatic heterocycles. The molecular formula is C17H25N3O. The molecule has 1 N–H and O–H groups in total. The number of hydrogen-bond donors (Lipinski definition) is 1. The van der Waals surface area contributed by atoms with Crippen LogP contribution in [0.15, 0.2) is 29.3 Å². The average Bonchev–Trinajstić information content (AvgIpc) is 2.55. The zero-order chi connectivity index (χ0) is 14.5. The molecule has 2 aliphatic rings. The SMILES string of the molecule is CN1CCC(OCc2ccccc2C2=NCCCN2)CC1. The van der Waals surface area contributed by atoms with E-state index >= 15 is 0 Å². The fourth-order valence-corrected chi connectivity index (χ4v) is 2.95. The third-order valence-electron chi connectivity index (χ3n) is 4.31. The average molecular weight is 287 g/mol. The largest absolute Gasteiger partial charge is 0.373 e. The Bertz CT molecular complexity index is 493. The van der Waals surface area contributed by atoms with Crippen LogP contribution in [-0.2, 0) is 11.3 Å². The van der Waals surface area contributed by atoms with E-state index in [0.717, 1.165) is 51.3 Å². The molecular weight excluding hydrogens is 262 g/mol. The van der Waals surface area contributed by atoms with Gasteiger partial charge >= 0.3 is 0 Å². The van der Waals surface area contributed by atoms with Crippen molar-refractivity contribution < 1.29 is 4.74 Å². The van der Waals surface area contributed by atoms with Crippen molar-refractivity contribution in [3.8, 4) is 0 Å². The smallest absolute Gasteiger partial charge is 0.128 e. The number of nitrogens with one attached hydrogen (secondary N) is 1. The molecule has 0 radical (unpaired) electrons. The maximum absolute atomic E-state index is 6.14. The molecule has 21 heavy (non-hydrogen) atoms. The third-order valence-corrected chi connectivity index (χ3v) is 4.31. The molecule has 0 aliphatic carbocycles. The monoisotopic (exact) mass is 287 g/mol. The summed E-state index contributed by atoms with van der Waals surface area (Å²) < 4.78 is 6.14. The van der Waals surface area contributed by atoms with Crippen LogP contribution in [0.5, 0.6) is 0 Å². The van der Waals surface area contributed by atoms with E-state index in [1.807, 2.05) is 0 Å². The number of rotatable bonds is 4. The lowest BCUT2D eigenvalue weighted by Gasteiger charge is -2.29. The van der Waals surface area contributed by atoms with Gasteiger partial charge < -0.3 is 15.0 Å². The van der Waals surface area contributed by atoms with E-state index < -0.39 is 0 Å². The van der Waals surface area contributed by atoms with Crippen molar-refractivity contribution in [3.63, 3.8) is 0 Å². The molecule has 2 heterocycles. The van der Waals surface area contributed by atoms with Gasteiger partial charge in [0.2, 0.25) is 0 Å². The summed E-state index contributed by atoms with van der Waals surface area (Å²) in [6, 6.07) is 8.46. The molecule has 1 saturated heterocycles. The summed E-state index contributed by atoms with van der Waals surface area (Å²) in [5.74, 6) is 1.03. The first-order chi connectivity index (χ1) is 10.3. The number of piperidine rings is 1. The number of likely N-dealkylation sites (tertiary alicyclic amines) is 1. The van der Waals surface area contributed by atoms with Gasteiger partial charge in [0.15, 0.2) is 0 Å². The van der Waals surface area contributed by atoms with E-state index in [4.69, 9.17) is 4.74 Å². The highest BCUT2D eigenvalue weighted by Gasteiger charge is 2.18. The Morgan fingerprint density at radius 2 is 2.10 bits per heavy atom. The van der Waals surface area contributed by atoms with E-state index in [1.54, 1.807) is 0 Å². The van der Waals surface area contributed by atoms with E-state index in [2.05, 4.69) is 46.5 Å². The number of amidine groups is 1. The van der Waals surface area contributed by atoms with Crippen molar-refractivity contribution in [1.29, 1.82) is 0 Å². The summed E-state index contributed by atoms with van der Waals surface area (Å²) in [7, 11) is 2.18. The van der Waals surface area contributed by atoms with Gasteiger partial charge in [0.05, 0.1) is 12.7 Å². The third kappa shape index (κ3) is 3.83. The van der Waals surface area contributed by atoms with Crippen LogP contribution in [0, 0.1) is 0 Å². The molecule has 0 unspecified atom stereocenters. The predicted octanol–water partition coefficient (Wildman–Crippen LogP) is 2.04. The fraction of sp³-hybridized carbons (Fsp3) is 0.588. The molecule has 0 saturated carbocycles.